The maximum atomic E-state index is 12.0. The molecule has 7 nitrogen and oxygen atoms in total. The molecular formula is C16H28N4O3. The molecule has 3 N–H and O–H groups in total. The number of hydrogen-bond acceptors (Lipinski definition) is 5. The van der Waals surface area contributed by atoms with E-state index in [1.165, 1.54) is 0 Å². The molecule has 0 aromatic carbocycles. The normalized spacial score (nSPS) is 24.1. The predicted molar refractivity (Wildman–Crippen MR) is 86.1 cm³/mol. The predicted octanol–water partition coefficient (Wildman–Crippen LogP) is 1.98. The van der Waals surface area contributed by atoms with Gasteiger partial charge in [-0.05, 0) is 19.3 Å². The van der Waals surface area contributed by atoms with E-state index < -0.39 is 0 Å². The van der Waals surface area contributed by atoms with Crippen LogP contribution in [0.2, 0.25) is 0 Å². The Labute approximate surface area is 137 Å². The first kappa shape index (κ1) is 17.7. The lowest BCUT2D eigenvalue weighted by atomic mass is 9.86. The summed E-state index contributed by atoms with van der Waals surface area (Å²) in [6.45, 7) is 6.71. The summed E-state index contributed by atoms with van der Waals surface area (Å²) in [6.07, 6.45) is 4.30. The average Bonchev–Trinajstić information content (AvgIpc) is 3.12. The molecule has 1 fully saturated rings. The van der Waals surface area contributed by atoms with Gasteiger partial charge in [-0.2, -0.15) is 4.98 Å². The Balaban J connectivity index is 1.66. The molecule has 1 aliphatic carbocycles. The van der Waals surface area contributed by atoms with E-state index in [1.807, 2.05) is 20.8 Å². The Kier molecular flexibility index (Phi) is 5.98. The number of nitrogens with zero attached hydrogens (tertiary/aromatic N) is 2. The van der Waals surface area contributed by atoms with Crippen LogP contribution in [0, 0.1) is 5.41 Å². The van der Waals surface area contributed by atoms with Crippen molar-refractivity contribution in [2.45, 2.75) is 64.8 Å². The summed E-state index contributed by atoms with van der Waals surface area (Å²) in [4.78, 5) is 16.3. The van der Waals surface area contributed by atoms with Crippen LogP contribution in [0.15, 0.2) is 4.52 Å². The van der Waals surface area contributed by atoms with Crippen LogP contribution in [0.3, 0.4) is 0 Å². The summed E-state index contributed by atoms with van der Waals surface area (Å²) in [5.74, 6) is 1.58. The van der Waals surface area contributed by atoms with Crippen LogP contribution in [-0.4, -0.2) is 40.5 Å². The number of aryl methyl sites for hydroxylation is 1. The summed E-state index contributed by atoms with van der Waals surface area (Å²) >= 11 is 0. The standard InChI is InChI=1S/C16H28N4O3/c1-11(2)14-19-13(23-20-14)7-5-9-17-15(22)18-12-6-4-8-16(12,3)10-21/h11-12,21H,4-10H2,1-3H3,(H2,17,18,22). The molecule has 2 rings (SSSR count). The van der Waals surface area contributed by atoms with E-state index in [0.29, 0.717) is 18.9 Å². The summed E-state index contributed by atoms with van der Waals surface area (Å²) in [6, 6.07) is -0.137. The van der Waals surface area contributed by atoms with Gasteiger partial charge in [0.15, 0.2) is 5.82 Å². The van der Waals surface area contributed by atoms with Gasteiger partial charge in [0.1, 0.15) is 0 Å². The summed E-state index contributed by atoms with van der Waals surface area (Å²) in [7, 11) is 0. The van der Waals surface area contributed by atoms with E-state index >= 15 is 0 Å². The molecule has 2 atom stereocenters. The number of aliphatic hydroxyl groups is 1. The number of aliphatic hydroxyl groups excluding tert-OH is 1. The van der Waals surface area contributed by atoms with E-state index in [4.69, 9.17) is 4.52 Å². The third-order valence-corrected chi connectivity index (χ3v) is 4.60. The molecule has 2 amide bonds. The van der Waals surface area contributed by atoms with Crippen LogP contribution >= 0.6 is 0 Å². The highest BCUT2D eigenvalue weighted by Crippen LogP contribution is 2.37. The average molecular weight is 324 g/mol. The minimum absolute atomic E-state index is 0.0389. The first-order chi connectivity index (χ1) is 10.9. The first-order valence-electron chi connectivity index (χ1n) is 8.42. The number of aromatic nitrogens is 2. The molecule has 23 heavy (non-hydrogen) atoms. The van der Waals surface area contributed by atoms with Gasteiger partial charge in [0.25, 0.3) is 0 Å². The van der Waals surface area contributed by atoms with Gasteiger partial charge in [-0.25, -0.2) is 4.79 Å². The molecular weight excluding hydrogens is 296 g/mol. The zero-order valence-electron chi connectivity index (χ0n) is 14.3. The SMILES string of the molecule is CC(C)c1noc(CCCNC(=O)NC2CCCC2(C)CO)n1. The highest BCUT2D eigenvalue weighted by molar-refractivity contribution is 5.74. The second-order valence-electron chi connectivity index (χ2n) is 6.96. The van der Waals surface area contributed by atoms with Crippen LogP contribution in [0.25, 0.3) is 0 Å². The molecule has 0 aliphatic heterocycles. The van der Waals surface area contributed by atoms with Gasteiger partial charge in [-0.1, -0.05) is 32.3 Å². The van der Waals surface area contributed by atoms with Crippen molar-refractivity contribution in [2.24, 2.45) is 5.41 Å². The number of amides is 2. The summed E-state index contributed by atoms with van der Waals surface area (Å²) in [5, 5.41) is 19.2. The molecule has 1 aromatic rings. The third kappa shape index (κ3) is 4.67. The maximum Gasteiger partial charge on any atom is 0.315 e. The fourth-order valence-corrected chi connectivity index (χ4v) is 2.92. The quantitative estimate of drug-likeness (QED) is 0.666. The van der Waals surface area contributed by atoms with E-state index in [0.717, 1.165) is 31.5 Å². The number of carbonyl (C=O) groups excluding carboxylic acids is 1. The van der Waals surface area contributed by atoms with Gasteiger partial charge in [-0.15, -0.1) is 0 Å². The topological polar surface area (TPSA) is 100 Å². The molecule has 7 heteroatoms. The van der Waals surface area contributed by atoms with Crippen molar-refractivity contribution in [3.05, 3.63) is 11.7 Å². The third-order valence-electron chi connectivity index (χ3n) is 4.60. The maximum absolute atomic E-state index is 12.0. The fraction of sp³-hybridized carbons (Fsp3) is 0.812. The molecule has 0 radical (unpaired) electrons. The smallest absolute Gasteiger partial charge is 0.315 e. The number of nitrogens with one attached hydrogen (secondary N) is 2. The second kappa shape index (κ2) is 7.77. The molecule has 0 bridgehead atoms. The Bertz CT molecular complexity index is 517. The van der Waals surface area contributed by atoms with E-state index in [1.54, 1.807) is 0 Å². The summed E-state index contributed by atoms with van der Waals surface area (Å²) in [5.41, 5.74) is -0.200. The van der Waals surface area contributed by atoms with Gasteiger partial charge in [0.05, 0.1) is 6.61 Å². The van der Waals surface area contributed by atoms with Crippen LogP contribution < -0.4 is 10.6 Å². The Morgan fingerprint density at radius 1 is 1.52 bits per heavy atom. The lowest BCUT2D eigenvalue weighted by Gasteiger charge is -2.30. The van der Waals surface area contributed by atoms with E-state index in [9.17, 15) is 9.90 Å². The van der Waals surface area contributed by atoms with Crippen LogP contribution in [0.5, 0.6) is 0 Å². The molecule has 1 heterocycles. The van der Waals surface area contributed by atoms with Crippen molar-refractivity contribution < 1.29 is 14.4 Å². The number of rotatable bonds is 7. The molecule has 1 saturated carbocycles. The molecule has 2 unspecified atom stereocenters. The highest BCUT2D eigenvalue weighted by atomic mass is 16.5. The Morgan fingerprint density at radius 2 is 2.30 bits per heavy atom. The van der Waals surface area contributed by atoms with Gasteiger partial charge in [0.2, 0.25) is 5.89 Å². The minimum atomic E-state index is -0.200. The van der Waals surface area contributed by atoms with Gasteiger partial charge in [0, 0.05) is 30.3 Å². The van der Waals surface area contributed by atoms with Gasteiger partial charge < -0.3 is 20.3 Å². The lowest BCUT2D eigenvalue weighted by molar-refractivity contribution is 0.121. The van der Waals surface area contributed by atoms with Crippen LogP contribution in [0.1, 0.15) is 64.1 Å². The van der Waals surface area contributed by atoms with Crippen molar-refractivity contribution >= 4 is 6.03 Å². The largest absolute Gasteiger partial charge is 0.396 e. The molecule has 1 aliphatic rings. The highest BCUT2D eigenvalue weighted by Gasteiger charge is 2.38. The van der Waals surface area contributed by atoms with E-state index in [2.05, 4.69) is 20.8 Å². The van der Waals surface area contributed by atoms with Crippen LogP contribution in [-0.2, 0) is 6.42 Å². The van der Waals surface area contributed by atoms with Crippen molar-refractivity contribution in [3.8, 4) is 0 Å². The van der Waals surface area contributed by atoms with Crippen LogP contribution in [0.4, 0.5) is 4.79 Å². The molecule has 130 valence electrons. The lowest BCUT2D eigenvalue weighted by Crippen LogP contribution is -2.48. The molecule has 0 saturated heterocycles. The monoisotopic (exact) mass is 324 g/mol. The Morgan fingerprint density at radius 3 is 2.96 bits per heavy atom. The molecule has 1 aromatic heterocycles. The van der Waals surface area contributed by atoms with Gasteiger partial charge in [-0.3, -0.25) is 0 Å². The zero-order valence-corrected chi connectivity index (χ0v) is 14.3. The number of hydrogen-bond donors (Lipinski definition) is 3. The van der Waals surface area contributed by atoms with Gasteiger partial charge >= 0.3 is 6.03 Å². The fourth-order valence-electron chi connectivity index (χ4n) is 2.92. The Hall–Kier alpha value is -1.63. The number of carbonyl (C=O) groups is 1. The van der Waals surface area contributed by atoms with Crippen molar-refractivity contribution in [1.29, 1.82) is 0 Å². The zero-order chi connectivity index (χ0) is 16.9. The van der Waals surface area contributed by atoms with Crippen molar-refractivity contribution in [3.63, 3.8) is 0 Å². The second-order valence-corrected chi connectivity index (χ2v) is 6.96. The number of urea groups is 1. The minimum Gasteiger partial charge on any atom is -0.396 e. The van der Waals surface area contributed by atoms with E-state index in [-0.39, 0.29) is 30.0 Å². The summed E-state index contributed by atoms with van der Waals surface area (Å²) < 4.78 is 5.17. The van der Waals surface area contributed by atoms with Crippen molar-refractivity contribution in [1.82, 2.24) is 20.8 Å². The van der Waals surface area contributed by atoms with Crippen molar-refractivity contribution in [2.75, 3.05) is 13.2 Å². The first-order valence-corrected chi connectivity index (χ1v) is 8.42. The molecule has 0 spiro atoms.